The number of hydrogen-bond acceptors (Lipinski definition) is 3. The zero-order valence-electron chi connectivity index (χ0n) is 17.8. The van der Waals surface area contributed by atoms with Crippen LogP contribution in [0, 0.1) is 0 Å². The van der Waals surface area contributed by atoms with Crippen LogP contribution in [0.5, 0.6) is 0 Å². The van der Waals surface area contributed by atoms with Crippen molar-refractivity contribution in [2.24, 2.45) is 0 Å². The molecule has 1 amide bonds. The van der Waals surface area contributed by atoms with Gasteiger partial charge in [0.05, 0.1) is 6.04 Å². The number of benzene rings is 3. The van der Waals surface area contributed by atoms with Crippen molar-refractivity contribution in [3.8, 4) is 11.1 Å². The van der Waals surface area contributed by atoms with Crippen LogP contribution < -0.4 is 5.32 Å². The average molecular weight is 425 g/mol. The summed E-state index contributed by atoms with van der Waals surface area (Å²) in [7, 11) is 0. The number of ether oxygens (including phenoxy) is 1. The summed E-state index contributed by atoms with van der Waals surface area (Å²) >= 11 is 0. The topological polar surface area (TPSA) is 71.2 Å². The van der Waals surface area contributed by atoms with Crippen molar-refractivity contribution in [2.75, 3.05) is 6.61 Å². The van der Waals surface area contributed by atoms with Crippen LogP contribution in [0.4, 0.5) is 4.79 Å². The first-order chi connectivity index (χ1) is 15.6. The maximum absolute atomic E-state index is 12.6. The smallest absolute Gasteiger partial charge is 0.407 e. The Morgan fingerprint density at radius 3 is 2.25 bits per heavy atom. The van der Waals surface area contributed by atoms with Gasteiger partial charge < -0.3 is 15.0 Å². The van der Waals surface area contributed by atoms with Gasteiger partial charge in [-0.15, -0.1) is 0 Å². The number of carbonyl (C=O) groups is 2. The molecule has 3 aromatic carbocycles. The number of H-pyrrole nitrogens is 1. The van der Waals surface area contributed by atoms with Crippen LogP contribution in [0.1, 0.15) is 29.5 Å². The zero-order valence-corrected chi connectivity index (χ0v) is 17.8. The number of aromatic nitrogens is 1. The van der Waals surface area contributed by atoms with Crippen LogP contribution >= 0.6 is 0 Å². The fourth-order valence-corrected chi connectivity index (χ4v) is 4.60. The summed E-state index contributed by atoms with van der Waals surface area (Å²) in [5, 5.41) is 3.82. The molecule has 1 aromatic heterocycles. The van der Waals surface area contributed by atoms with Crippen LogP contribution in [-0.2, 0) is 16.0 Å². The SMILES string of the molecule is CC(=O)C(Cc1c[nH]c2ccccc12)NC(=O)OCC1c2ccccc2-c2ccccc21. The van der Waals surface area contributed by atoms with Crippen molar-refractivity contribution < 1.29 is 14.3 Å². The summed E-state index contributed by atoms with van der Waals surface area (Å²) < 4.78 is 5.62. The van der Waals surface area contributed by atoms with E-state index in [9.17, 15) is 9.59 Å². The van der Waals surface area contributed by atoms with Gasteiger partial charge in [-0.05, 0) is 40.8 Å². The van der Waals surface area contributed by atoms with Gasteiger partial charge in [-0.3, -0.25) is 4.79 Å². The van der Waals surface area contributed by atoms with E-state index in [4.69, 9.17) is 4.74 Å². The Morgan fingerprint density at radius 2 is 1.56 bits per heavy atom. The lowest BCUT2D eigenvalue weighted by Crippen LogP contribution is -2.42. The van der Waals surface area contributed by atoms with Gasteiger partial charge in [0, 0.05) is 29.4 Å². The number of aromatic amines is 1. The van der Waals surface area contributed by atoms with Crippen LogP contribution in [0.25, 0.3) is 22.0 Å². The largest absolute Gasteiger partial charge is 0.449 e. The molecule has 0 bridgehead atoms. The summed E-state index contributed by atoms with van der Waals surface area (Å²) in [6, 6.07) is 23.7. The first-order valence-corrected chi connectivity index (χ1v) is 10.8. The van der Waals surface area contributed by atoms with E-state index in [2.05, 4.69) is 34.6 Å². The minimum absolute atomic E-state index is 0.0162. The Kier molecular flexibility index (Phi) is 5.23. The van der Waals surface area contributed by atoms with Gasteiger partial charge >= 0.3 is 6.09 Å². The molecule has 1 unspecified atom stereocenters. The first-order valence-electron chi connectivity index (χ1n) is 10.8. The molecule has 160 valence electrons. The lowest BCUT2D eigenvalue weighted by Gasteiger charge is -2.18. The van der Waals surface area contributed by atoms with Gasteiger partial charge in [-0.2, -0.15) is 0 Å². The molecule has 0 saturated heterocycles. The Labute approximate surface area is 186 Å². The number of rotatable bonds is 6. The molecule has 32 heavy (non-hydrogen) atoms. The molecular formula is C27H24N2O3. The van der Waals surface area contributed by atoms with Crippen LogP contribution in [0.15, 0.2) is 79.0 Å². The van der Waals surface area contributed by atoms with Crippen LogP contribution in [0.3, 0.4) is 0 Å². The first kappa shape index (κ1) is 20.1. The molecule has 0 saturated carbocycles. The van der Waals surface area contributed by atoms with Gasteiger partial charge in [0.2, 0.25) is 0 Å². The Morgan fingerprint density at radius 1 is 0.938 bits per heavy atom. The van der Waals surface area contributed by atoms with Gasteiger partial charge in [-0.25, -0.2) is 4.79 Å². The minimum Gasteiger partial charge on any atom is -0.449 e. The van der Waals surface area contributed by atoms with E-state index in [0.717, 1.165) is 27.6 Å². The molecule has 0 aliphatic heterocycles. The van der Waals surface area contributed by atoms with E-state index < -0.39 is 12.1 Å². The number of ketones is 1. The lowest BCUT2D eigenvalue weighted by atomic mass is 9.98. The number of nitrogens with one attached hydrogen (secondary N) is 2. The second-order valence-corrected chi connectivity index (χ2v) is 8.20. The molecule has 1 heterocycles. The Hall–Kier alpha value is -3.86. The number of alkyl carbamates (subject to hydrolysis) is 1. The van der Waals surface area contributed by atoms with Gasteiger partial charge in [0.25, 0.3) is 0 Å². The molecule has 1 aliphatic rings. The number of fused-ring (bicyclic) bond motifs is 4. The number of hydrogen-bond donors (Lipinski definition) is 2. The number of amides is 1. The van der Waals surface area contributed by atoms with Crippen molar-refractivity contribution in [3.05, 3.63) is 95.7 Å². The average Bonchev–Trinajstić information content (AvgIpc) is 3.36. The van der Waals surface area contributed by atoms with Crippen molar-refractivity contribution >= 4 is 22.8 Å². The molecular weight excluding hydrogens is 400 g/mol. The highest BCUT2D eigenvalue weighted by molar-refractivity contribution is 5.88. The van der Waals surface area contributed by atoms with Crippen molar-refractivity contribution in [2.45, 2.75) is 25.3 Å². The Bertz CT molecular complexity index is 1260. The highest BCUT2D eigenvalue weighted by Gasteiger charge is 2.29. The van der Waals surface area contributed by atoms with Crippen LogP contribution in [-0.4, -0.2) is 29.5 Å². The molecule has 0 fully saturated rings. The van der Waals surface area contributed by atoms with Crippen LogP contribution in [0.2, 0.25) is 0 Å². The monoisotopic (exact) mass is 424 g/mol. The van der Waals surface area contributed by atoms with E-state index in [0.29, 0.717) is 6.42 Å². The van der Waals surface area contributed by atoms with Crippen molar-refractivity contribution in [1.29, 1.82) is 0 Å². The third-order valence-electron chi connectivity index (χ3n) is 6.23. The third-order valence-corrected chi connectivity index (χ3v) is 6.23. The summed E-state index contributed by atoms with van der Waals surface area (Å²) in [6.45, 7) is 1.71. The summed E-state index contributed by atoms with van der Waals surface area (Å²) in [4.78, 5) is 28.1. The van der Waals surface area contributed by atoms with E-state index in [-0.39, 0.29) is 18.3 Å². The van der Waals surface area contributed by atoms with Gasteiger partial charge in [0.15, 0.2) is 5.78 Å². The molecule has 5 nitrogen and oxygen atoms in total. The maximum atomic E-state index is 12.6. The van der Waals surface area contributed by atoms with E-state index in [1.54, 1.807) is 0 Å². The molecule has 1 aliphatic carbocycles. The molecule has 0 radical (unpaired) electrons. The molecule has 2 N–H and O–H groups in total. The maximum Gasteiger partial charge on any atom is 0.407 e. The van der Waals surface area contributed by atoms with Crippen molar-refractivity contribution in [3.63, 3.8) is 0 Å². The summed E-state index contributed by atoms with van der Waals surface area (Å²) in [6.07, 6.45) is 1.72. The fraction of sp³-hybridized carbons (Fsp3) is 0.185. The third kappa shape index (κ3) is 3.66. The quantitative estimate of drug-likeness (QED) is 0.447. The predicted molar refractivity (Wildman–Crippen MR) is 125 cm³/mol. The molecule has 5 heteroatoms. The van der Waals surface area contributed by atoms with E-state index in [1.807, 2.05) is 54.7 Å². The fourth-order valence-electron chi connectivity index (χ4n) is 4.60. The Balaban J connectivity index is 1.28. The molecule has 0 spiro atoms. The molecule has 4 aromatic rings. The summed E-state index contributed by atoms with van der Waals surface area (Å²) in [5.74, 6) is -0.124. The predicted octanol–water partition coefficient (Wildman–Crippen LogP) is 5.21. The van der Waals surface area contributed by atoms with E-state index in [1.165, 1.54) is 18.1 Å². The highest BCUT2D eigenvalue weighted by atomic mass is 16.5. The second kappa shape index (κ2) is 8.35. The second-order valence-electron chi connectivity index (χ2n) is 8.20. The number of Topliss-reactive ketones (excluding diaryl/α,β-unsaturated/α-hetero) is 1. The summed E-state index contributed by atoms with van der Waals surface area (Å²) in [5.41, 5.74) is 6.66. The van der Waals surface area contributed by atoms with Gasteiger partial charge in [0.1, 0.15) is 6.61 Å². The van der Waals surface area contributed by atoms with Gasteiger partial charge in [-0.1, -0.05) is 66.7 Å². The number of carbonyl (C=O) groups excluding carboxylic acids is 2. The number of para-hydroxylation sites is 1. The molecule has 5 rings (SSSR count). The highest BCUT2D eigenvalue weighted by Crippen LogP contribution is 2.44. The standard InChI is InChI=1S/C27H24N2O3/c1-17(30)26(14-18-15-28-25-13-7-6-8-19(18)25)29-27(31)32-16-24-22-11-4-2-9-20(22)21-10-3-5-12-23(21)24/h2-13,15,24,26,28H,14,16H2,1H3,(H,29,31). The molecule has 1 atom stereocenters. The zero-order chi connectivity index (χ0) is 22.1. The van der Waals surface area contributed by atoms with Crippen molar-refractivity contribution in [1.82, 2.24) is 10.3 Å². The van der Waals surface area contributed by atoms with E-state index >= 15 is 0 Å². The lowest BCUT2D eigenvalue weighted by molar-refractivity contribution is -0.118. The minimum atomic E-state index is -0.648. The normalized spacial score (nSPS) is 13.4.